The van der Waals surface area contributed by atoms with Gasteiger partial charge in [-0.05, 0) is 19.9 Å². The van der Waals surface area contributed by atoms with Gasteiger partial charge in [0, 0.05) is 5.56 Å². The van der Waals surface area contributed by atoms with Crippen LogP contribution in [0.4, 0.5) is 8.78 Å². The van der Waals surface area contributed by atoms with Crippen LogP contribution < -0.4 is 4.74 Å². The summed E-state index contributed by atoms with van der Waals surface area (Å²) in [6, 6.07) is 0.912. The first-order chi connectivity index (χ1) is 8.52. The smallest absolute Gasteiger partial charge is 0.338 e. The van der Waals surface area contributed by atoms with Gasteiger partial charge >= 0.3 is 5.97 Å². The van der Waals surface area contributed by atoms with Gasteiger partial charge in [0.1, 0.15) is 0 Å². The Hall–Kier alpha value is -1.65. The molecule has 0 unspecified atom stereocenters. The van der Waals surface area contributed by atoms with E-state index in [0.29, 0.717) is 0 Å². The highest BCUT2D eigenvalue weighted by Gasteiger charge is 2.20. The van der Waals surface area contributed by atoms with Gasteiger partial charge < -0.3 is 9.47 Å². The molecule has 1 aromatic carbocycles. The predicted octanol–water partition coefficient (Wildman–Crippen LogP) is 3.48. The standard InChI is InChI=1S/C11H12F2O3.C2H6/c1-4-16-11(14)7-5-8(12)10(15-3)9(13)6(7)2;1-2/h5H,4H2,1-3H3;1-2H3. The Morgan fingerprint density at radius 2 is 1.89 bits per heavy atom. The van der Waals surface area contributed by atoms with Crippen molar-refractivity contribution in [3.8, 4) is 5.75 Å². The number of ether oxygens (including phenoxy) is 2. The van der Waals surface area contributed by atoms with Crippen LogP contribution in [-0.2, 0) is 4.74 Å². The highest BCUT2D eigenvalue weighted by atomic mass is 19.1. The van der Waals surface area contributed by atoms with Crippen LogP contribution in [-0.4, -0.2) is 19.7 Å². The molecule has 0 N–H and O–H groups in total. The van der Waals surface area contributed by atoms with Crippen molar-refractivity contribution < 1.29 is 23.0 Å². The second-order valence-electron chi connectivity index (χ2n) is 3.10. The number of benzene rings is 1. The first kappa shape index (κ1) is 16.4. The van der Waals surface area contributed by atoms with Crippen LogP contribution in [0.25, 0.3) is 0 Å². The molecule has 0 aliphatic carbocycles. The molecule has 0 spiro atoms. The fourth-order valence-electron chi connectivity index (χ4n) is 1.30. The third-order valence-corrected chi connectivity index (χ3v) is 2.12. The van der Waals surface area contributed by atoms with E-state index in [2.05, 4.69) is 9.47 Å². The average Bonchev–Trinajstić information content (AvgIpc) is 2.37. The molecule has 3 nitrogen and oxygen atoms in total. The van der Waals surface area contributed by atoms with Gasteiger partial charge in [-0.3, -0.25) is 0 Å². The zero-order valence-corrected chi connectivity index (χ0v) is 11.3. The van der Waals surface area contributed by atoms with E-state index in [1.54, 1.807) is 6.92 Å². The number of halogens is 2. The number of hydrogen-bond acceptors (Lipinski definition) is 3. The fourth-order valence-corrected chi connectivity index (χ4v) is 1.30. The lowest BCUT2D eigenvalue weighted by Gasteiger charge is -2.10. The first-order valence-electron chi connectivity index (χ1n) is 5.72. The topological polar surface area (TPSA) is 35.5 Å². The van der Waals surface area contributed by atoms with Crippen LogP contribution in [0, 0.1) is 18.6 Å². The molecule has 0 aliphatic heterocycles. The summed E-state index contributed by atoms with van der Waals surface area (Å²) < 4.78 is 36.1. The minimum Gasteiger partial charge on any atom is -0.491 e. The molecule has 1 aromatic rings. The second kappa shape index (κ2) is 7.63. The van der Waals surface area contributed by atoms with Crippen molar-refractivity contribution in [2.24, 2.45) is 0 Å². The van der Waals surface area contributed by atoms with Crippen molar-refractivity contribution in [3.05, 3.63) is 28.8 Å². The highest BCUT2D eigenvalue weighted by molar-refractivity contribution is 5.91. The molecule has 18 heavy (non-hydrogen) atoms. The summed E-state index contributed by atoms with van der Waals surface area (Å²) >= 11 is 0. The van der Waals surface area contributed by atoms with Crippen molar-refractivity contribution in [3.63, 3.8) is 0 Å². The quantitative estimate of drug-likeness (QED) is 0.780. The number of rotatable bonds is 3. The number of hydrogen-bond donors (Lipinski definition) is 0. The molecule has 0 bridgehead atoms. The van der Waals surface area contributed by atoms with E-state index in [0.717, 1.165) is 13.2 Å². The molecule has 0 saturated carbocycles. The third kappa shape index (κ3) is 3.42. The largest absolute Gasteiger partial charge is 0.491 e. The molecule has 0 heterocycles. The highest BCUT2D eigenvalue weighted by Crippen LogP contribution is 2.27. The van der Waals surface area contributed by atoms with E-state index < -0.39 is 23.4 Å². The van der Waals surface area contributed by atoms with Crippen LogP contribution in [0.3, 0.4) is 0 Å². The van der Waals surface area contributed by atoms with Gasteiger partial charge in [0.2, 0.25) is 0 Å². The van der Waals surface area contributed by atoms with E-state index in [1.807, 2.05) is 13.8 Å². The van der Waals surface area contributed by atoms with Gasteiger partial charge in [0.05, 0.1) is 19.3 Å². The molecule has 0 saturated heterocycles. The minimum atomic E-state index is -0.923. The summed E-state index contributed by atoms with van der Waals surface area (Å²) in [6.45, 7) is 7.13. The van der Waals surface area contributed by atoms with Gasteiger partial charge in [0.15, 0.2) is 17.4 Å². The lowest BCUT2D eigenvalue weighted by molar-refractivity contribution is 0.0524. The number of carbonyl (C=O) groups excluding carboxylic acids is 1. The molecule has 0 atom stereocenters. The summed E-state index contributed by atoms with van der Waals surface area (Å²) in [7, 11) is 1.16. The summed E-state index contributed by atoms with van der Waals surface area (Å²) in [5, 5.41) is 0. The summed E-state index contributed by atoms with van der Waals surface area (Å²) in [5.41, 5.74) is -0.116. The number of methoxy groups -OCH3 is 1. The maximum atomic E-state index is 13.6. The van der Waals surface area contributed by atoms with E-state index in [4.69, 9.17) is 0 Å². The molecule has 0 fully saturated rings. The Bertz CT molecular complexity index is 417. The maximum absolute atomic E-state index is 13.6. The van der Waals surface area contributed by atoms with Crippen LogP contribution >= 0.6 is 0 Å². The average molecular weight is 260 g/mol. The van der Waals surface area contributed by atoms with Gasteiger partial charge in [-0.25, -0.2) is 13.6 Å². The van der Waals surface area contributed by atoms with Crippen molar-refractivity contribution in [2.45, 2.75) is 27.7 Å². The molecular formula is C13H18F2O3. The minimum absolute atomic E-state index is 0.0108. The monoisotopic (exact) mass is 260 g/mol. The van der Waals surface area contributed by atoms with E-state index in [9.17, 15) is 13.6 Å². The Morgan fingerprint density at radius 3 is 2.33 bits per heavy atom. The maximum Gasteiger partial charge on any atom is 0.338 e. The Morgan fingerprint density at radius 1 is 1.33 bits per heavy atom. The van der Waals surface area contributed by atoms with E-state index in [-0.39, 0.29) is 17.7 Å². The van der Waals surface area contributed by atoms with Gasteiger partial charge in [-0.2, -0.15) is 0 Å². The van der Waals surface area contributed by atoms with Crippen LogP contribution in [0.1, 0.15) is 36.7 Å². The number of esters is 1. The van der Waals surface area contributed by atoms with Crippen LogP contribution in [0.5, 0.6) is 5.75 Å². The Kier molecular flexibility index (Phi) is 6.93. The SMILES string of the molecule is CC.CCOC(=O)c1cc(F)c(OC)c(F)c1C. The molecule has 1 rings (SSSR count). The van der Waals surface area contributed by atoms with Crippen molar-refractivity contribution in [1.29, 1.82) is 0 Å². The summed E-state index contributed by atoms with van der Waals surface area (Å²) in [6.07, 6.45) is 0. The van der Waals surface area contributed by atoms with Crippen LogP contribution in [0.2, 0.25) is 0 Å². The van der Waals surface area contributed by atoms with Crippen molar-refractivity contribution >= 4 is 5.97 Å². The zero-order chi connectivity index (χ0) is 14.3. The van der Waals surface area contributed by atoms with Crippen molar-refractivity contribution in [2.75, 3.05) is 13.7 Å². The van der Waals surface area contributed by atoms with Crippen molar-refractivity contribution in [1.82, 2.24) is 0 Å². The van der Waals surface area contributed by atoms with Gasteiger partial charge in [-0.1, -0.05) is 13.8 Å². The molecule has 5 heteroatoms. The molecule has 0 radical (unpaired) electrons. The predicted molar refractivity (Wildman–Crippen MR) is 65.0 cm³/mol. The lowest BCUT2D eigenvalue weighted by Crippen LogP contribution is -2.10. The normalized spacial score (nSPS) is 9.28. The zero-order valence-electron chi connectivity index (χ0n) is 11.3. The Labute approximate surface area is 106 Å². The fraction of sp³-hybridized carbons (Fsp3) is 0.462. The van der Waals surface area contributed by atoms with Crippen LogP contribution in [0.15, 0.2) is 6.07 Å². The molecule has 0 aromatic heterocycles. The van der Waals surface area contributed by atoms with E-state index >= 15 is 0 Å². The second-order valence-corrected chi connectivity index (χ2v) is 3.10. The lowest BCUT2D eigenvalue weighted by atomic mass is 10.1. The summed E-state index contributed by atoms with van der Waals surface area (Å²) in [5.74, 6) is -3.05. The van der Waals surface area contributed by atoms with E-state index in [1.165, 1.54) is 6.92 Å². The van der Waals surface area contributed by atoms with Gasteiger partial charge in [0.25, 0.3) is 0 Å². The number of carbonyl (C=O) groups is 1. The molecule has 0 aliphatic rings. The third-order valence-electron chi connectivity index (χ3n) is 2.12. The molecule has 102 valence electrons. The summed E-state index contributed by atoms with van der Waals surface area (Å²) in [4.78, 5) is 11.4. The van der Waals surface area contributed by atoms with Gasteiger partial charge in [-0.15, -0.1) is 0 Å². The Balaban J connectivity index is 0.00000137. The molecular weight excluding hydrogens is 242 g/mol. The first-order valence-corrected chi connectivity index (χ1v) is 5.72. The molecule has 0 amide bonds.